The Morgan fingerprint density at radius 1 is 1.42 bits per heavy atom. The first-order chi connectivity index (χ1) is 9.30. The first kappa shape index (κ1) is 12.4. The van der Waals surface area contributed by atoms with Gasteiger partial charge in [-0.3, -0.25) is 0 Å². The lowest BCUT2D eigenvalue weighted by Gasteiger charge is -2.21. The Morgan fingerprint density at radius 3 is 3.11 bits per heavy atom. The molecule has 0 saturated carbocycles. The topological polar surface area (TPSA) is 42.7 Å². The second-order valence-electron chi connectivity index (χ2n) is 5.03. The lowest BCUT2D eigenvalue weighted by Crippen LogP contribution is -2.31. The quantitative estimate of drug-likeness (QED) is 0.840. The number of likely N-dealkylation sites (N-methyl/N-ethyl adjacent to an activating group) is 1. The van der Waals surface area contributed by atoms with Crippen LogP contribution >= 0.6 is 0 Å². The summed E-state index contributed by atoms with van der Waals surface area (Å²) < 4.78 is 7.01. The molecule has 0 aliphatic carbocycles. The first-order valence-corrected chi connectivity index (χ1v) is 6.93. The number of rotatable bonds is 4. The maximum Gasteiger partial charge on any atom is 0.155 e. The molecule has 2 aromatic heterocycles. The summed E-state index contributed by atoms with van der Waals surface area (Å²) in [4.78, 5) is 7.11. The van der Waals surface area contributed by atoms with Gasteiger partial charge in [0.15, 0.2) is 11.5 Å². The van der Waals surface area contributed by atoms with E-state index in [0.29, 0.717) is 6.04 Å². The zero-order valence-electron chi connectivity index (χ0n) is 11.5. The van der Waals surface area contributed by atoms with Crippen molar-refractivity contribution in [2.45, 2.75) is 32.2 Å². The maximum absolute atomic E-state index is 5.20. The van der Waals surface area contributed by atoms with E-state index >= 15 is 0 Å². The SMILES string of the molecule is CCN1CCCC1Cc1nc2ccc(OC)cn2n1. The zero-order chi connectivity index (χ0) is 13.2. The molecule has 1 unspecified atom stereocenters. The molecule has 0 N–H and O–H groups in total. The van der Waals surface area contributed by atoms with Crippen LogP contribution in [-0.2, 0) is 6.42 Å². The number of pyridine rings is 1. The van der Waals surface area contributed by atoms with E-state index in [-0.39, 0.29) is 0 Å². The minimum absolute atomic E-state index is 0.601. The van der Waals surface area contributed by atoms with Crippen LogP contribution in [0.25, 0.3) is 5.65 Å². The molecular weight excluding hydrogens is 240 g/mol. The largest absolute Gasteiger partial charge is 0.495 e. The molecule has 0 radical (unpaired) electrons. The smallest absolute Gasteiger partial charge is 0.155 e. The van der Waals surface area contributed by atoms with Crippen LogP contribution in [0.15, 0.2) is 18.3 Å². The van der Waals surface area contributed by atoms with Gasteiger partial charge in [-0.1, -0.05) is 6.92 Å². The summed E-state index contributed by atoms with van der Waals surface area (Å²) in [5.74, 6) is 1.73. The number of aromatic nitrogens is 3. The molecule has 1 aliphatic heterocycles. The molecule has 3 rings (SSSR count). The van der Waals surface area contributed by atoms with Crippen LogP contribution in [0.5, 0.6) is 5.75 Å². The average Bonchev–Trinajstić information content (AvgIpc) is 3.03. The third-order valence-corrected chi connectivity index (χ3v) is 3.91. The van der Waals surface area contributed by atoms with Crippen LogP contribution in [-0.4, -0.2) is 45.7 Å². The number of hydrogen-bond donors (Lipinski definition) is 0. The molecule has 19 heavy (non-hydrogen) atoms. The van der Waals surface area contributed by atoms with E-state index in [1.807, 2.05) is 18.3 Å². The van der Waals surface area contributed by atoms with Crippen LogP contribution in [0.3, 0.4) is 0 Å². The predicted molar refractivity (Wildman–Crippen MR) is 73.5 cm³/mol. The van der Waals surface area contributed by atoms with Gasteiger partial charge in [0, 0.05) is 12.5 Å². The van der Waals surface area contributed by atoms with Crippen LogP contribution in [0.1, 0.15) is 25.6 Å². The van der Waals surface area contributed by atoms with E-state index in [0.717, 1.165) is 30.2 Å². The number of likely N-dealkylation sites (tertiary alicyclic amines) is 1. The number of fused-ring (bicyclic) bond motifs is 1. The number of ether oxygens (including phenoxy) is 1. The highest BCUT2D eigenvalue weighted by molar-refractivity contribution is 5.40. The van der Waals surface area contributed by atoms with E-state index in [9.17, 15) is 0 Å². The standard InChI is InChI=1S/C14H20N4O/c1-3-17-8-4-5-11(17)9-13-15-14-7-6-12(19-2)10-18(14)16-13/h6-7,10-11H,3-5,8-9H2,1-2H3. The van der Waals surface area contributed by atoms with Crippen molar-refractivity contribution in [2.75, 3.05) is 20.2 Å². The fraction of sp³-hybridized carbons (Fsp3) is 0.571. The lowest BCUT2D eigenvalue weighted by atomic mass is 10.1. The van der Waals surface area contributed by atoms with Gasteiger partial charge in [0.05, 0.1) is 13.3 Å². The van der Waals surface area contributed by atoms with Crippen LogP contribution < -0.4 is 4.74 Å². The van der Waals surface area contributed by atoms with E-state index in [4.69, 9.17) is 4.74 Å². The highest BCUT2D eigenvalue weighted by Gasteiger charge is 2.24. The molecule has 1 fully saturated rings. The lowest BCUT2D eigenvalue weighted by molar-refractivity contribution is 0.263. The first-order valence-electron chi connectivity index (χ1n) is 6.93. The molecule has 0 bridgehead atoms. The third kappa shape index (κ3) is 2.42. The van der Waals surface area contributed by atoms with Crippen molar-refractivity contribution in [3.8, 4) is 5.75 Å². The number of hydrogen-bond acceptors (Lipinski definition) is 4. The molecule has 2 aromatic rings. The van der Waals surface area contributed by atoms with Gasteiger partial charge >= 0.3 is 0 Å². The molecule has 0 spiro atoms. The molecule has 1 atom stereocenters. The summed E-state index contributed by atoms with van der Waals surface area (Å²) in [7, 11) is 1.66. The van der Waals surface area contributed by atoms with Crippen molar-refractivity contribution >= 4 is 5.65 Å². The minimum Gasteiger partial charge on any atom is -0.495 e. The predicted octanol–water partition coefficient (Wildman–Crippen LogP) is 1.76. The van der Waals surface area contributed by atoms with Crippen molar-refractivity contribution in [3.05, 3.63) is 24.2 Å². The summed E-state index contributed by atoms with van der Waals surface area (Å²) in [6, 6.07) is 4.47. The Hall–Kier alpha value is -1.62. The Balaban J connectivity index is 1.81. The number of methoxy groups -OCH3 is 1. The van der Waals surface area contributed by atoms with E-state index in [1.54, 1.807) is 11.6 Å². The molecule has 102 valence electrons. The van der Waals surface area contributed by atoms with Crippen molar-refractivity contribution in [2.24, 2.45) is 0 Å². The van der Waals surface area contributed by atoms with Gasteiger partial charge in [-0.15, -0.1) is 0 Å². The summed E-state index contributed by atoms with van der Waals surface area (Å²) in [6.45, 7) is 4.55. The van der Waals surface area contributed by atoms with Gasteiger partial charge in [-0.25, -0.2) is 9.50 Å². The summed E-state index contributed by atoms with van der Waals surface area (Å²) in [5.41, 5.74) is 0.886. The van der Waals surface area contributed by atoms with Crippen LogP contribution in [0.4, 0.5) is 0 Å². The van der Waals surface area contributed by atoms with Crippen LogP contribution in [0.2, 0.25) is 0 Å². The van der Waals surface area contributed by atoms with Gasteiger partial charge < -0.3 is 9.64 Å². The Morgan fingerprint density at radius 2 is 2.32 bits per heavy atom. The fourth-order valence-electron chi connectivity index (χ4n) is 2.87. The maximum atomic E-state index is 5.20. The normalized spacial score (nSPS) is 20.2. The summed E-state index contributed by atoms with van der Waals surface area (Å²) in [5, 5.41) is 4.55. The second-order valence-corrected chi connectivity index (χ2v) is 5.03. The fourth-order valence-corrected chi connectivity index (χ4v) is 2.87. The molecule has 5 nitrogen and oxygen atoms in total. The minimum atomic E-state index is 0.601. The molecule has 3 heterocycles. The molecule has 1 saturated heterocycles. The van der Waals surface area contributed by atoms with Gasteiger partial charge in [0.25, 0.3) is 0 Å². The Kier molecular flexibility index (Phi) is 3.38. The second kappa shape index (κ2) is 5.17. The van der Waals surface area contributed by atoms with E-state index in [1.165, 1.54) is 19.4 Å². The molecule has 1 aliphatic rings. The Bertz CT molecular complexity index is 566. The highest BCUT2D eigenvalue weighted by Crippen LogP contribution is 2.20. The van der Waals surface area contributed by atoms with Gasteiger partial charge in [-0.05, 0) is 38.1 Å². The van der Waals surface area contributed by atoms with Crippen molar-refractivity contribution in [1.82, 2.24) is 19.5 Å². The monoisotopic (exact) mass is 260 g/mol. The zero-order valence-corrected chi connectivity index (χ0v) is 11.5. The van der Waals surface area contributed by atoms with Crippen LogP contribution in [0, 0.1) is 0 Å². The molecule has 0 aromatic carbocycles. The Labute approximate surface area is 113 Å². The summed E-state index contributed by atoms with van der Waals surface area (Å²) >= 11 is 0. The van der Waals surface area contributed by atoms with E-state index < -0.39 is 0 Å². The van der Waals surface area contributed by atoms with Gasteiger partial charge in [0.2, 0.25) is 0 Å². The summed E-state index contributed by atoms with van der Waals surface area (Å²) in [6.07, 6.45) is 5.36. The van der Waals surface area contributed by atoms with Gasteiger partial charge in [0.1, 0.15) is 5.75 Å². The molecular formula is C14H20N4O. The van der Waals surface area contributed by atoms with Crippen molar-refractivity contribution in [3.63, 3.8) is 0 Å². The molecule has 5 heteroatoms. The average molecular weight is 260 g/mol. The van der Waals surface area contributed by atoms with E-state index in [2.05, 4.69) is 21.9 Å². The van der Waals surface area contributed by atoms with Crippen molar-refractivity contribution in [1.29, 1.82) is 0 Å². The third-order valence-electron chi connectivity index (χ3n) is 3.91. The molecule has 0 amide bonds. The number of nitrogens with zero attached hydrogens (tertiary/aromatic N) is 4. The van der Waals surface area contributed by atoms with Gasteiger partial charge in [-0.2, -0.15) is 5.10 Å². The van der Waals surface area contributed by atoms with Crippen molar-refractivity contribution < 1.29 is 4.74 Å². The highest BCUT2D eigenvalue weighted by atomic mass is 16.5.